The van der Waals surface area contributed by atoms with Gasteiger partial charge in [0.2, 0.25) is 0 Å². The zero-order valence-electron chi connectivity index (χ0n) is 8.29. The minimum atomic E-state index is 0.779. The van der Waals surface area contributed by atoms with E-state index in [1.54, 1.807) is 17.5 Å². The van der Waals surface area contributed by atoms with Crippen molar-refractivity contribution in [3.05, 3.63) is 27.3 Å². The van der Waals surface area contributed by atoms with Gasteiger partial charge < -0.3 is 9.73 Å². The summed E-state index contributed by atoms with van der Waals surface area (Å²) in [5.74, 6) is 1.62. The molecule has 1 N–H and O–H groups in total. The summed E-state index contributed by atoms with van der Waals surface area (Å²) in [6, 6.07) is 2.03. The van der Waals surface area contributed by atoms with E-state index in [4.69, 9.17) is 4.42 Å². The van der Waals surface area contributed by atoms with Gasteiger partial charge in [-0.3, -0.25) is 0 Å². The molecule has 2 aromatic heterocycles. The van der Waals surface area contributed by atoms with Crippen LogP contribution in [-0.4, -0.2) is 18.6 Å². The quantitative estimate of drug-likeness (QED) is 0.939. The van der Waals surface area contributed by atoms with E-state index in [1.165, 1.54) is 0 Å². The van der Waals surface area contributed by atoms with E-state index in [0.717, 1.165) is 34.0 Å². The zero-order valence-corrected chi connectivity index (χ0v) is 10.7. The maximum absolute atomic E-state index is 5.62. The molecule has 0 saturated carbocycles. The highest BCUT2D eigenvalue weighted by Gasteiger charge is 2.07. The van der Waals surface area contributed by atoms with Gasteiger partial charge >= 0.3 is 0 Å². The lowest BCUT2D eigenvalue weighted by Gasteiger charge is -1.93. The summed E-state index contributed by atoms with van der Waals surface area (Å²) in [7, 11) is 1.92. The van der Waals surface area contributed by atoms with Crippen LogP contribution in [0.1, 0.15) is 5.89 Å². The van der Waals surface area contributed by atoms with Crippen LogP contribution in [0.15, 0.2) is 25.8 Å². The molecule has 2 rings (SSSR count). The van der Waals surface area contributed by atoms with Crippen LogP contribution in [0.4, 0.5) is 0 Å². The van der Waals surface area contributed by atoms with Gasteiger partial charge in [0.1, 0.15) is 0 Å². The minimum Gasteiger partial charge on any atom is -0.441 e. The molecule has 0 aliphatic heterocycles. The molecular formula is C10H11BrN2OS. The van der Waals surface area contributed by atoms with E-state index in [2.05, 4.69) is 26.2 Å². The van der Waals surface area contributed by atoms with E-state index >= 15 is 0 Å². The third-order valence-electron chi connectivity index (χ3n) is 1.99. The van der Waals surface area contributed by atoms with Crippen molar-refractivity contribution >= 4 is 27.3 Å². The Hall–Kier alpha value is -0.650. The van der Waals surface area contributed by atoms with Crippen molar-refractivity contribution in [2.75, 3.05) is 13.6 Å². The van der Waals surface area contributed by atoms with Gasteiger partial charge in [0.05, 0.1) is 9.98 Å². The fraction of sp³-hybridized carbons (Fsp3) is 0.300. The summed E-state index contributed by atoms with van der Waals surface area (Å²) >= 11 is 5.07. The van der Waals surface area contributed by atoms with Gasteiger partial charge in [-0.1, -0.05) is 0 Å². The molecule has 0 aromatic carbocycles. The number of nitrogens with zero attached hydrogens (tertiary/aromatic N) is 1. The second-order valence-corrected chi connectivity index (χ2v) is 5.40. The summed E-state index contributed by atoms with van der Waals surface area (Å²) in [6.45, 7) is 0.882. The SMILES string of the molecule is CNCCc1ncc(-c2csc(Br)c2)o1. The highest BCUT2D eigenvalue weighted by atomic mass is 79.9. The van der Waals surface area contributed by atoms with Gasteiger partial charge in [-0.2, -0.15) is 0 Å². The summed E-state index contributed by atoms with van der Waals surface area (Å²) in [5, 5.41) is 5.11. The van der Waals surface area contributed by atoms with E-state index in [1.807, 2.05) is 18.5 Å². The van der Waals surface area contributed by atoms with Crippen LogP contribution in [0.3, 0.4) is 0 Å². The topological polar surface area (TPSA) is 38.1 Å². The van der Waals surface area contributed by atoms with Crippen LogP contribution in [0, 0.1) is 0 Å². The predicted octanol–water partition coefficient (Wildman–Crippen LogP) is 2.93. The summed E-state index contributed by atoms with van der Waals surface area (Å²) in [6.07, 6.45) is 2.60. The van der Waals surface area contributed by atoms with E-state index in [9.17, 15) is 0 Å². The second kappa shape index (κ2) is 4.92. The zero-order chi connectivity index (χ0) is 10.7. The minimum absolute atomic E-state index is 0.779. The molecule has 80 valence electrons. The molecule has 15 heavy (non-hydrogen) atoms. The molecule has 0 spiro atoms. The van der Waals surface area contributed by atoms with Gasteiger partial charge in [-0.05, 0) is 29.0 Å². The first-order chi connectivity index (χ1) is 7.29. The van der Waals surface area contributed by atoms with Gasteiger partial charge in [0.15, 0.2) is 11.7 Å². The Kier molecular flexibility index (Phi) is 3.56. The molecule has 0 fully saturated rings. The maximum Gasteiger partial charge on any atom is 0.196 e. The second-order valence-electron chi connectivity index (χ2n) is 3.11. The smallest absolute Gasteiger partial charge is 0.196 e. The van der Waals surface area contributed by atoms with Crippen molar-refractivity contribution in [3.63, 3.8) is 0 Å². The molecule has 0 unspecified atom stereocenters. The van der Waals surface area contributed by atoms with Crippen LogP contribution in [-0.2, 0) is 6.42 Å². The van der Waals surface area contributed by atoms with Crippen LogP contribution in [0.2, 0.25) is 0 Å². The van der Waals surface area contributed by atoms with Gasteiger partial charge in [0, 0.05) is 23.9 Å². The highest BCUT2D eigenvalue weighted by molar-refractivity contribution is 9.11. The van der Waals surface area contributed by atoms with Crippen molar-refractivity contribution in [1.29, 1.82) is 0 Å². The van der Waals surface area contributed by atoms with Crippen molar-refractivity contribution in [2.24, 2.45) is 0 Å². The monoisotopic (exact) mass is 286 g/mol. The average molecular weight is 287 g/mol. The summed E-state index contributed by atoms with van der Waals surface area (Å²) in [4.78, 5) is 4.22. The molecule has 3 nitrogen and oxygen atoms in total. The van der Waals surface area contributed by atoms with Crippen LogP contribution in [0.5, 0.6) is 0 Å². The predicted molar refractivity (Wildman–Crippen MR) is 65.1 cm³/mol. The van der Waals surface area contributed by atoms with Gasteiger partial charge in [-0.25, -0.2) is 4.98 Å². The standard InChI is InChI=1S/C10H11BrN2OS/c1-12-3-2-10-13-5-8(14-10)7-4-9(11)15-6-7/h4-6,12H,2-3H2,1H3. The number of hydrogen-bond acceptors (Lipinski definition) is 4. The lowest BCUT2D eigenvalue weighted by Crippen LogP contribution is -2.10. The van der Waals surface area contributed by atoms with Crippen molar-refractivity contribution in [1.82, 2.24) is 10.3 Å². The Morgan fingerprint density at radius 3 is 3.13 bits per heavy atom. The van der Waals surface area contributed by atoms with Crippen LogP contribution < -0.4 is 5.32 Å². The molecule has 0 saturated heterocycles. The van der Waals surface area contributed by atoms with Crippen LogP contribution in [0.25, 0.3) is 11.3 Å². The Bertz CT molecular complexity index is 438. The molecular weight excluding hydrogens is 276 g/mol. The first kappa shape index (κ1) is 10.9. The summed E-state index contributed by atoms with van der Waals surface area (Å²) < 4.78 is 6.72. The number of halogens is 1. The maximum atomic E-state index is 5.62. The van der Waals surface area contributed by atoms with E-state index in [-0.39, 0.29) is 0 Å². The third kappa shape index (κ3) is 2.68. The first-order valence-corrected chi connectivity index (χ1v) is 6.30. The lowest BCUT2D eigenvalue weighted by molar-refractivity contribution is 0.501. The number of likely N-dealkylation sites (N-methyl/N-ethyl adjacent to an activating group) is 1. The molecule has 5 heteroatoms. The number of aromatic nitrogens is 1. The van der Waals surface area contributed by atoms with E-state index in [0.29, 0.717) is 0 Å². The molecule has 0 aliphatic rings. The Balaban J connectivity index is 2.13. The van der Waals surface area contributed by atoms with Crippen LogP contribution >= 0.6 is 27.3 Å². The van der Waals surface area contributed by atoms with Gasteiger partial charge in [0.25, 0.3) is 0 Å². The molecule has 0 radical (unpaired) electrons. The number of hydrogen-bond donors (Lipinski definition) is 1. The largest absolute Gasteiger partial charge is 0.441 e. The molecule has 0 atom stereocenters. The Labute approximate surface area is 101 Å². The molecule has 0 bridgehead atoms. The summed E-state index contributed by atoms with van der Waals surface area (Å²) in [5.41, 5.74) is 1.08. The van der Waals surface area contributed by atoms with Gasteiger partial charge in [-0.15, -0.1) is 11.3 Å². The lowest BCUT2D eigenvalue weighted by atomic mass is 10.3. The van der Waals surface area contributed by atoms with Crippen molar-refractivity contribution < 1.29 is 4.42 Å². The number of oxazole rings is 1. The Morgan fingerprint density at radius 2 is 2.47 bits per heavy atom. The molecule has 0 aliphatic carbocycles. The first-order valence-electron chi connectivity index (χ1n) is 4.63. The molecule has 2 heterocycles. The average Bonchev–Trinajstić information content (AvgIpc) is 2.83. The fourth-order valence-electron chi connectivity index (χ4n) is 1.23. The highest BCUT2D eigenvalue weighted by Crippen LogP contribution is 2.29. The number of rotatable bonds is 4. The van der Waals surface area contributed by atoms with E-state index < -0.39 is 0 Å². The van der Waals surface area contributed by atoms with Crippen molar-refractivity contribution in [2.45, 2.75) is 6.42 Å². The molecule has 0 amide bonds. The fourth-order valence-corrected chi connectivity index (χ4v) is 2.38. The number of thiophene rings is 1. The Morgan fingerprint density at radius 1 is 1.60 bits per heavy atom. The number of nitrogens with one attached hydrogen (secondary N) is 1. The molecule has 2 aromatic rings. The van der Waals surface area contributed by atoms with Crippen molar-refractivity contribution in [3.8, 4) is 11.3 Å². The third-order valence-corrected chi connectivity index (χ3v) is 3.50. The normalized spacial score (nSPS) is 10.8.